The van der Waals surface area contributed by atoms with Crippen molar-refractivity contribution in [1.29, 1.82) is 0 Å². The Morgan fingerprint density at radius 1 is 1.10 bits per heavy atom. The Kier molecular flexibility index (Phi) is 5.99. The van der Waals surface area contributed by atoms with E-state index in [1.54, 1.807) is 7.05 Å². The molecule has 5 nitrogen and oxygen atoms in total. The van der Waals surface area contributed by atoms with Crippen LogP contribution in [0, 0.1) is 11.3 Å². The molecule has 5 heteroatoms. The minimum Gasteiger partial charge on any atom is -0.357 e. The van der Waals surface area contributed by atoms with Gasteiger partial charge in [-0.25, -0.2) is 0 Å². The van der Waals surface area contributed by atoms with Gasteiger partial charge in [-0.05, 0) is 24.2 Å². The molecule has 1 rings (SSSR count). The lowest BCUT2D eigenvalue weighted by Gasteiger charge is -2.32. The van der Waals surface area contributed by atoms with Crippen LogP contribution in [0.25, 0.3) is 0 Å². The lowest BCUT2D eigenvalue weighted by atomic mass is 9.82. The summed E-state index contributed by atoms with van der Waals surface area (Å²) in [6.45, 7) is 5.77. The standard InChI is InChI=1S/C15H29N3O2/c1-15(2,3)12(16)14(20)18-11(13(19)17-4)10-8-6-5-7-9-10/h10-12H,5-9,16H2,1-4H3,(H,17,19)(H,18,20)/t11-,12?/m0/s1. The Bertz CT molecular complexity index is 344. The number of rotatable bonds is 4. The van der Waals surface area contributed by atoms with Crippen molar-refractivity contribution in [3.8, 4) is 0 Å². The predicted octanol–water partition coefficient (Wildman–Crippen LogP) is 1.17. The third kappa shape index (κ3) is 4.47. The molecule has 1 saturated carbocycles. The topological polar surface area (TPSA) is 84.2 Å². The smallest absolute Gasteiger partial charge is 0.242 e. The van der Waals surface area contributed by atoms with Gasteiger partial charge >= 0.3 is 0 Å². The van der Waals surface area contributed by atoms with Crippen LogP contribution in [0.2, 0.25) is 0 Å². The number of nitrogens with two attached hydrogens (primary N) is 1. The Labute approximate surface area is 122 Å². The van der Waals surface area contributed by atoms with E-state index in [-0.39, 0.29) is 23.1 Å². The van der Waals surface area contributed by atoms with Crippen molar-refractivity contribution in [2.75, 3.05) is 7.05 Å². The Hall–Kier alpha value is -1.10. The lowest BCUT2D eigenvalue weighted by molar-refractivity contribution is -0.132. The summed E-state index contributed by atoms with van der Waals surface area (Å²) in [5, 5.41) is 5.52. The summed E-state index contributed by atoms with van der Waals surface area (Å²) in [6, 6.07) is -1.07. The molecular formula is C15H29N3O2. The molecule has 0 aliphatic heterocycles. The van der Waals surface area contributed by atoms with Gasteiger partial charge in [-0.2, -0.15) is 0 Å². The summed E-state index contributed by atoms with van der Waals surface area (Å²) in [7, 11) is 1.61. The molecule has 0 saturated heterocycles. The van der Waals surface area contributed by atoms with Crippen LogP contribution < -0.4 is 16.4 Å². The zero-order chi connectivity index (χ0) is 15.3. The van der Waals surface area contributed by atoms with Gasteiger partial charge in [0.05, 0.1) is 6.04 Å². The molecule has 0 radical (unpaired) electrons. The molecular weight excluding hydrogens is 254 g/mol. The summed E-state index contributed by atoms with van der Waals surface area (Å²) in [4.78, 5) is 24.3. The second-order valence-corrected chi connectivity index (χ2v) is 6.84. The van der Waals surface area contributed by atoms with Crippen molar-refractivity contribution in [2.24, 2.45) is 17.1 Å². The largest absolute Gasteiger partial charge is 0.357 e. The molecule has 1 aliphatic carbocycles. The highest BCUT2D eigenvalue weighted by Gasteiger charge is 2.34. The molecule has 0 aromatic heterocycles. The second-order valence-electron chi connectivity index (χ2n) is 6.84. The third-order valence-electron chi connectivity index (χ3n) is 4.16. The van der Waals surface area contributed by atoms with Crippen LogP contribution in [0.3, 0.4) is 0 Å². The number of carbonyl (C=O) groups is 2. The van der Waals surface area contributed by atoms with Gasteiger partial charge < -0.3 is 16.4 Å². The second kappa shape index (κ2) is 7.07. The quantitative estimate of drug-likeness (QED) is 0.724. The van der Waals surface area contributed by atoms with E-state index in [1.165, 1.54) is 6.42 Å². The van der Waals surface area contributed by atoms with E-state index in [1.807, 2.05) is 20.8 Å². The molecule has 0 aromatic rings. The average Bonchev–Trinajstić information content (AvgIpc) is 2.42. The normalized spacial score (nSPS) is 20.1. The van der Waals surface area contributed by atoms with E-state index < -0.39 is 12.1 Å². The first kappa shape index (κ1) is 17.0. The predicted molar refractivity (Wildman–Crippen MR) is 80.0 cm³/mol. The van der Waals surface area contributed by atoms with Crippen LogP contribution in [0.1, 0.15) is 52.9 Å². The third-order valence-corrected chi connectivity index (χ3v) is 4.16. The van der Waals surface area contributed by atoms with Gasteiger partial charge in [0.1, 0.15) is 6.04 Å². The first-order valence-corrected chi connectivity index (χ1v) is 7.55. The molecule has 0 aromatic carbocycles. The highest BCUT2D eigenvalue weighted by molar-refractivity contribution is 5.90. The SMILES string of the molecule is CNC(=O)[C@@H](NC(=O)C(N)C(C)(C)C)C1CCCCC1. The average molecular weight is 283 g/mol. The number of likely N-dealkylation sites (N-methyl/N-ethyl adjacent to an activating group) is 1. The number of carbonyl (C=O) groups excluding carboxylic acids is 2. The lowest BCUT2D eigenvalue weighted by Crippen LogP contribution is -2.57. The number of hydrogen-bond donors (Lipinski definition) is 3. The summed E-state index contributed by atoms with van der Waals surface area (Å²) in [5.74, 6) is -0.136. The highest BCUT2D eigenvalue weighted by atomic mass is 16.2. The molecule has 0 spiro atoms. The Morgan fingerprint density at radius 3 is 2.10 bits per heavy atom. The number of amides is 2. The fourth-order valence-electron chi connectivity index (χ4n) is 2.66. The van der Waals surface area contributed by atoms with Crippen molar-refractivity contribution >= 4 is 11.8 Å². The molecule has 116 valence electrons. The first-order valence-electron chi connectivity index (χ1n) is 7.55. The molecule has 1 fully saturated rings. The first-order chi connectivity index (χ1) is 9.27. The van der Waals surface area contributed by atoms with Gasteiger partial charge in [-0.3, -0.25) is 9.59 Å². The Balaban J connectivity index is 2.74. The van der Waals surface area contributed by atoms with Gasteiger partial charge in [0, 0.05) is 7.05 Å². The minimum atomic E-state index is -0.613. The zero-order valence-corrected chi connectivity index (χ0v) is 13.2. The van der Waals surface area contributed by atoms with Crippen LogP contribution in [0.15, 0.2) is 0 Å². The van der Waals surface area contributed by atoms with Crippen molar-refractivity contribution in [3.05, 3.63) is 0 Å². The van der Waals surface area contributed by atoms with Gasteiger partial charge in [-0.1, -0.05) is 40.0 Å². The van der Waals surface area contributed by atoms with E-state index >= 15 is 0 Å². The van der Waals surface area contributed by atoms with E-state index in [4.69, 9.17) is 5.73 Å². The molecule has 1 aliphatic rings. The molecule has 2 amide bonds. The van der Waals surface area contributed by atoms with Crippen LogP contribution >= 0.6 is 0 Å². The van der Waals surface area contributed by atoms with Crippen LogP contribution in [-0.2, 0) is 9.59 Å². The van der Waals surface area contributed by atoms with E-state index in [0.29, 0.717) is 0 Å². The maximum absolute atomic E-state index is 12.2. The van der Waals surface area contributed by atoms with Gasteiger partial charge in [0.25, 0.3) is 0 Å². The van der Waals surface area contributed by atoms with Crippen molar-refractivity contribution in [2.45, 2.75) is 65.0 Å². The molecule has 20 heavy (non-hydrogen) atoms. The minimum absolute atomic E-state index is 0.119. The van der Waals surface area contributed by atoms with Crippen molar-refractivity contribution < 1.29 is 9.59 Å². The van der Waals surface area contributed by atoms with Crippen molar-refractivity contribution in [3.63, 3.8) is 0 Å². The summed E-state index contributed by atoms with van der Waals surface area (Å²) in [5.41, 5.74) is 5.65. The fourth-order valence-corrected chi connectivity index (χ4v) is 2.66. The molecule has 1 unspecified atom stereocenters. The van der Waals surface area contributed by atoms with E-state index in [0.717, 1.165) is 25.7 Å². The van der Waals surface area contributed by atoms with Gasteiger partial charge in [-0.15, -0.1) is 0 Å². The maximum atomic E-state index is 12.2. The number of hydrogen-bond acceptors (Lipinski definition) is 3. The highest BCUT2D eigenvalue weighted by Crippen LogP contribution is 2.27. The van der Waals surface area contributed by atoms with Crippen LogP contribution in [-0.4, -0.2) is 30.9 Å². The molecule has 2 atom stereocenters. The maximum Gasteiger partial charge on any atom is 0.242 e. The molecule has 0 heterocycles. The van der Waals surface area contributed by atoms with Gasteiger partial charge in [0.15, 0.2) is 0 Å². The fraction of sp³-hybridized carbons (Fsp3) is 0.867. The summed E-state index contributed by atoms with van der Waals surface area (Å²) in [6.07, 6.45) is 5.44. The monoisotopic (exact) mass is 283 g/mol. The molecule has 0 bridgehead atoms. The zero-order valence-electron chi connectivity index (χ0n) is 13.2. The summed E-state index contributed by atoms with van der Waals surface area (Å²) < 4.78 is 0. The van der Waals surface area contributed by atoms with Gasteiger partial charge in [0.2, 0.25) is 11.8 Å². The van der Waals surface area contributed by atoms with E-state index in [9.17, 15) is 9.59 Å². The van der Waals surface area contributed by atoms with Crippen molar-refractivity contribution in [1.82, 2.24) is 10.6 Å². The Morgan fingerprint density at radius 2 is 1.65 bits per heavy atom. The summed E-state index contributed by atoms with van der Waals surface area (Å²) >= 11 is 0. The van der Waals surface area contributed by atoms with E-state index in [2.05, 4.69) is 10.6 Å². The van der Waals surface area contributed by atoms with Crippen LogP contribution in [0.4, 0.5) is 0 Å². The number of nitrogens with one attached hydrogen (secondary N) is 2. The van der Waals surface area contributed by atoms with Crippen LogP contribution in [0.5, 0.6) is 0 Å². The molecule has 4 N–H and O–H groups in total.